The van der Waals surface area contributed by atoms with Crippen molar-refractivity contribution in [3.05, 3.63) is 70.7 Å². The third-order valence-corrected chi connectivity index (χ3v) is 5.95. The molecule has 0 spiro atoms. The number of ketones is 1. The van der Waals surface area contributed by atoms with Crippen molar-refractivity contribution in [1.29, 1.82) is 0 Å². The number of hydrogen-bond donors (Lipinski definition) is 1. The van der Waals surface area contributed by atoms with Crippen molar-refractivity contribution in [2.24, 2.45) is 0 Å². The molecule has 0 radical (unpaired) electrons. The van der Waals surface area contributed by atoms with Crippen LogP contribution in [0.15, 0.2) is 53.7 Å². The second-order valence-electron chi connectivity index (χ2n) is 7.37. The molecule has 1 atom stereocenters. The number of thiocarbonyl (C=S) groups is 1. The van der Waals surface area contributed by atoms with Gasteiger partial charge in [0.05, 0.1) is 13.2 Å². The van der Waals surface area contributed by atoms with Crippen molar-refractivity contribution < 1.29 is 18.7 Å². The predicted molar refractivity (Wildman–Crippen MR) is 116 cm³/mol. The second kappa shape index (κ2) is 8.44. The molecule has 2 aromatic carbocycles. The Labute approximate surface area is 180 Å². The Kier molecular flexibility index (Phi) is 5.72. The van der Waals surface area contributed by atoms with Crippen LogP contribution in [0.2, 0.25) is 0 Å². The molecule has 0 bridgehead atoms. The first kappa shape index (κ1) is 20.3. The van der Waals surface area contributed by atoms with E-state index in [1.54, 1.807) is 31.4 Å². The molecular formula is C23H23FN2O3S. The van der Waals surface area contributed by atoms with Crippen LogP contribution in [0.25, 0.3) is 0 Å². The average Bonchev–Trinajstić information content (AvgIpc) is 2.76. The Balaban J connectivity index is 1.64. The number of carbonyl (C=O) groups excluding carboxylic acids is 1. The molecule has 5 nitrogen and oxygen atoms in total. The zero-order valence-corrected chi connectivity index (χ0v) is 17.7. The minimum Gasteiger partial charge on any atom is -0.493 e. The van der Waals surface area contributed by atoms with Crippen LogP contribution in [0.3, 0.4) is 0 Å². The number of carbonyl (C=O) groups is 1. The van der Waals surface area contributed by atoms with Crippen LogP contribution in [0.4, 0.5) is 4.39 Å². The molecule has 0 amide bonds. The Hall–Kier alpha value is -2.93. The minimum atomic E-state index is -0.328. The van der Waals surface area contributed by atoms with Gasteiger partial charge >= 0.3 is 0 Å². The van der Waals surface area contributed by atoms with Crippen LogP contribution in [0, 0.1) is 5.82 Å². The molecule has 4 rings (SSSR count). The molecule has 1 unspecified atom stereocenters. The van der Waals surface area contributed by atoms with Crippen LogP contribution < -0.4 is 14.8 Å². The number of halogens is 1. The predicted octanol–water partition coefficient (Wildman–Crippen LogP) is 4.28. The van der Waals surface area contributed by atoms with Crippen molar-refractivity contribution >= 4 is 23.1 Å². The van der Waals surface area contributed by atoms with E-state index >= 15 is 0 Å². The molecule has 156 valence electrons. The lowest BCUT2D eigenvalue weighted by molar-refractivity contribution is -0.116. The number of ether oxygens (including phenoxy) is 2. The van der Waals surface area contributed by atoms with Crippen molar-refractivity contribution in [1.82, 2.24) is 10.2 Å². The van der Waals surface area contributed by atoms with Gasteiger partial charge in [0.25, 0.3) is 0 Å². The number of rotatable bonds is 5. The number of nitrogens with one attached hydrogen (secondary N) is 1. The van der Waals surface area contributed by atoms with Gasteiger partial charge in [-0.2, -0.15) is 0 Å². The van der Waals surface area contributed by atoms with Gasteiger partial charge in [0.15, 0.2) is 22.4 Å². The summed E-state index contributed by atoms with van der Waals surface area (Å²) in [7, 11) is 3.44. The summed E-state index contributed by atoms with van der Waals surface area (Å²) in [6.45, 7) is 0.0900. The minimum absolute atomic E-state index is 0.0900. The average molecular weight is 427 g/mol. The first-order chi connectivity index (χ1) is 14.5. The highest BCUT2D eigenvalue weighted by Crippen LogP contribution is 2.39. The highest BCUT2D eigenvalue weighted by atomic mass is 32.1. The third-order valence-electron chi connectivity index (χ3n) is 5.56. The molecule has 2 aromatic rings. The molecule has 7 heteroatoms. The molecule has 2 aliphatic rings. The molecule has 0 fully saturated rings. The van der Waals surface area contributed by atoms with Crippen molar-refractivity contribution in [3.8, 4) is 11.5 Å². The molecular weight excluding hydrogens is 403 g/mol. The van der Waals surface area contributed by atoms with Gasteiger partial charge in [-0.05, 0) is 48.8 Å². The highest BCUT2D eigenvalue weighted by molar-refractivity contribution is 7.80. The Morgan fingerprint density at radius 1 is 1.20 bits per heavy atom. The van der Waals surface area contributed by atoms with Crippen LogP contribution in [0.5, 0.6) is 11.5 Å². The van der Waals surface area contributed by atoms with E-state index in [9.17, 15) is 9.18 Å². The quantitative estimate of drug-likeness (QED) is 0.721. The van der Waals surface area contributed by atoms with E-state index < -0.39 is 0 Å². The third kappa shape index (κ3) is 3.77. The van der Waals surface area contributed by atoms with Crippen LogP contribution in [-0.2, 0) is 11.4 Å². The maximum absolute atomic E-state index is 13.9. The number of allylic oxidation sites excluding steroid dienone is 1. The summed E-state index contributed by atoms with van der Waals surface area (Å²) in [6.07, 6.45) is 2.21. The van der Waals surface area contributed by atoms with Crippen LogP contribution in [0.1, 0.15) is 36.4 Å². The summed E-state index contributed by atoms with van der Waals surface area (Å²) in [6, 6.07) is 11.7. The Morgan fingerprint density at radius 3 is 2.77 bits per heavy atom. The van der Waals surface area contributed by atoms with Crippen molar-refractivity contribution in [2.45, 2.75) is 31.9 Å². The SMILES string of the molecule is COc1cc(C2NC(=S)N(C)C3=C2C(=O)CCC3)ccc1OCc1ccccc1F. The first-order valence-corrected chi connectivity index (χ1v) is 10.2. The Bertz CT molecular complexity index is 1040. The highest BCUT2D eigenvalue weighted by Gasteiger charge is 2.36. The van der Waals surface area contributed by atoms with Gasteiger partial charge in [0.2, 0.25) is 0 Å². The fraction of sp³-hybridized carbons (Fsp3) is 0.304. The van der Waals surface area contributed by atoms with E-state index in [1.165, 1.54) is 6.07 Å². The normalized spacial score (nSPS) is 18.8. The molecule has 1 N–H and O–H groups in total. The zero-order valence-electron chi connectivity index (χ0n) is 16.9. The summed E-state index contributed by atoms with van der Waals surface area (Å²) in [5, 5.41) is 3.87. The van der Waals surface area contributed by atoms with Gasteiger partial charge in [0.1, 0.15) is 12.4 Å². The topological polar surface area (TPSA) is 50.8 Å². The molecule has 0 saturated carbocycles. The van der Waals surface area contributed by atoms with E-state index in [2.05, 4.69) is 5.32 Å². The van der Waals surface area contributed by atoms with Gasteiger partial charge in [-0.25, -0.2) is 4.39 Å². The fourth-order valence-electron chi connectivity index (χ4n) is 3.94. The first-order valence-electron chi connectivity index (χ1n) is 9.84. The lowest BCUT2D eigenvalue weighted by Gasteiger charge is -2.39. The standard InChI is InChI=1S/C23H23FN2O3S/c1-26-17-8-5-9-18(27)21(17)22(25-23(26)30)14-10-11-19(20(12-14)28-2)29-13-15-6-3-4-7-16(15)24/h3-4,6-7,10-12,22H,5,8-9,13H2,1-2H3,(H,25,30). The number of hydrogen-bond acceptors (Lipinski definition) is 4. The number of benzene rings is 2. The molecule has 1 heterocycles. The van der Waals surface area contributed by atoms with E-state index in [1.807, 2.05) is 24.1 Å². The van der Waals surface area contributed by atoms with Gasteiger partial charge in [-0.15, -0.1) is 0 Å². The van der Waals surface area contributed by atoms with Gasteiger partial charge in [-0.3, -0.25) is 4.79 Å². The molecule has 1 aliphatic carbocycles. The summed E-state index contributed by atoms with van der Waals surface area (Å²) in [5.41, 5.74) is 3.08. The molecule has 0 aromatic heterocycles. The largest absolute Gasteiger partial charge is 0.493 e. The molecule has 30 heavy (non-hydrogen) atoms. The Morgan fingerprint density at radius 2 is 2.00 bits per heavy atom. The number of Topliss-reactive ketones (excluding diaryl/α,β-unsaturated/α-hetero) is 1. The fourth-order valence-corrected chi connectivity index (χ4v) is 4.17. The molecule has 0 saturated heterocycles. The zero-order chi connectivity index (χ0) is 21.3. The second-order valence-corrected chi connectivity index (χ2v) is 7.76. The van der Waals surface area contributed by atoms with Crippen LogP contribution in [-0.4, -0.2) is 30.0 Å². The summed E-state index contributed by atoms with van der Waals surface area (Å²) >= 11 is 5.49. The smallest absolute Gasteiger partial charge is 0.173 e. The number of methoxy groups -OCH3 is 1. The van der Waals surface area contributed by atoms with Crippen molar-refractivity contribution in [3.63, 3.8) is 0 Å². The summed E-state index contributed by atoms with van der Waals surface area (Å²) in [5.74, 6) is 0.847. The molecule has 1 aliphatic heterocycles. The summed E-state index contributed by atoms with van der Waals surface area (Å²) < 4.78 is 25.2. The van der Waals surface area contributed by atoms with E-state index in [-0.39, 0.29) is 24.2 Å². The van der Waals surface area contributed by atoms with Crippen LogP contribution >= 0.6 is 12.2 Å². The number of nitrogens with zero attached hydrogens (tertiary/aromatic N) is 1. The van der Waals surface area contributed by atoms with Gasteiger partial charge in [-0.1, -0.05) is 24.3 Å². The maximum atomic E-state index is 13.9. The van der Waals surface area contributed by atoms with E-state index in [4.69, 9.17) is 21.7 Å². The van der Waals surface area contributed by atoms with Gasteiger partial charge < -0.3 is 19.7 Å². The van der Waals surface area contributed by atoms with E-state index in [0.717, 1.165) is 29.7 Å². The van der Waals surface area contributed by atoms with E-state index in [0.29, 0.717) is 28.6 Å². The monoisotopic (exact) mass is 426 g/mol. The maximum Gasteiger partial charge on any atom is 0.173 e. The van der Waals surface area contributed by atoms with Gasteiger partial charge in [0, 0.05) is 30.3 Å². The van der Waals surface area contributed by atoms with Crippen molar-refractivity contribution in [2.75, 3.05) is 14.2 Å². The lowest BCUT2D eigenvalue weighted by atomic mass is 9.85. The lowest BCUT2D eigenvalue weighted by Crippen LogP contribution is -2.47. The summed E-state index contributed by atoms with van der Waals surface area (Å²) in [4.78, 5) is 14.6.